The molecule has 2 heterocycles. The third kappa shape index (κ3) is 2.64. The topological polar surface area (TPSA) is 52.3 Å². The highest BCUT2D eigenvalue weighted by molar-refractivity contribution is 9.13. The first-order valence-electron chi connectivity index (χ1n) is 4.22. The van der Waals surface area contributed by atoms with Crippen LogP contribution in [0.2, 0.25) is 0 Å². The van der Waals surface area contributed by atoms with Gasteiger partial charge in [-0.05, 0) is 47.8 Å². The Bertz CT molecular complexity index is 559. The van der Waals surface area contributed by atoms with E-state index < -0.39 is 5.97 Å². The van der Waals surface area contributed by atoms with Gasteiger partial charge in [0.2, 0.25) is 0 Å². The van der Waals surface area contributed by atoms with E-state index >= 15 is 0 Å². The molecule has 0 amide bonds. The zero-order valence-corrected chi connectivity index (χ0v) is 13.9. The van der Waals surface area contributed by atoms with Crippen LogP contribution < -0.4 is 0 Å². The Balaban J connectivity index is 2.55. The quantitative estimate of drug-likeness (QED) is 0.640. The van der Waals surface area contributed by atoms with Crippen molar-refractivity contribution >= 4 is 65.1 Å². The van der Waals surface area contributed by atoms with Crippen molar-refractivity contribution < 1.29 is 13.9 Å². The van der Waals surface area contributed by atoms with E-state index in [0.717, 1.165) is 4.47 Å². The molecule has 0 fully saturated rings. The molecule has 0 aliphatic carbocycles. The number of hydrogen-bond donors (Lipinski definition) is 0. The summed E-state index contributed by atoms with van der Waals surface area (Å²) in [6.07, 6.45) is 0. The summed E-state index contributed by atoms with van der Waals surface area (Å²) in [7, 11) is 1.31. The van der Waals surface area contributed by atoms with E-state index in [1.54, 1.807) is 6.07 Å². The highest BCUT2D eigenvalue weighted by Gasteiger charge is 2.22. The molecule has 0 atom stereocenters. The molecule has 0 aliphatic heterocycles. The maximum atomic E-state index is 11.5. The molecule has 2 rings (SSSR count). The molecule has 0 saturated carbocycles. The van der Waals surface area contributed by atoms with Crippen molar-refractivity contribution in [2.45, 2.75) is 0 Å². The highest BCUT2D eigenvalue weighted by Crippen LogP contribution is 2.38. The molecule has 2 aromatic rings. The number of ether oxygens (including phenoxy) is 1. The Hall–Kier alpha value is -0.180. The molecule has 0 saturated heterocycles. The second kappa shape index (κ2) is 5.21. The molecule has 90 valence electrons. The lowest BCUT2D eigenvalue weighted by atomic mass is 10.3. The average molecular weight is 446 g/mol. The standard InChI is InChI=1S/C9H4Br3NO3S/c1-15-8(14)5-6(17-9(12)13-5)4-2-3(10)7(11)16-4/h2H,1H3. The summed E-state index contributed by atoms with van der Waals surface area (Å²) in [5.41, 5.74) is 0.234. The number of esters is 1. The molecule has 0 aromatic carbocycles. The van der Waals surface area contributed by atoms with Crippen LogP contribution in [0.5, 0.6) is 0 Å². The van der Waals surface area contributed by atoms with Gasteiger partial charge in [-0.15, -0.1) is 11.3 Å². The number of halogens is 3. The molecule has 0 bridgehead atoms. The number of methoxy groups -OCH3 is 1. The van der Waals surface area contributed by atoms with Crippen LogP contribution in [0.1, 0.15) is 10.5 Å². The van der Waals surface area contributed by atoms with Gasteiger partial charge in [0.15, 0.2) is 14.3 Å². The van der Waals surface area contributed by atoms with E-state index in [0.29, 0.717) is 19.2 Å². The highest BCUT2D eigenvalue weighted by atomic mass is 79.9. The van der Waals surface area contributed by atoms with Crippen molar-refractivity contribution in [2.24, 2.45) is 0 Å². The number of furan rings is 1. The molecule has 4 nitrogen and oxygen atoms in total. The van der Waals surface area contributed by atoms with Crippen LogP contribution in [0.3, 0.4) is 0 Å². The molecule has 0 unspecified atom stereocenters. The summed E-state index contributed by atoms with van der Waals surface area (Å²) >= 11 is 11.1. The van der Waals surface area contributed by atoms with E-state index in [1.807, 2.05) is 0 Å². The van der Waals surface area contributed by atoms with E-state index in [4.69, 9.17) is 4.42 Å². The van der Waals surface area contributed by atoms with Gasteiger partial charge in [0, 0.05) is 6.07 Å². The Morgan fingerprint density at radius 1 is 1.47 bits per heavy atom. The van der Waals surface area contributed by atoms with Crippen molar-refractivity contribution in [1.82, 2.24) is 4.98 Å². The fraction of sp³-hybridized carbons (Fsp3) is 0.111. The summed E-state index contributed by atoms with van der Waals surface area (Å²) in [6, 6.07) is 1.76. The third-order valence-electron chi connectivity index (χ3n) is 1.85. The normalized spacial score (nSPS) is 10.6. The minimum absolute atomic E-state index is 0.234. The first-order chi connectivity index (χ1) is 8.02. The van der Waals surface area contributed by atoms with Crippen LogP contribution in [0.25, 0.3) is 10.6 Å². The fourth-order valence-electron chi connectivity index (χ4n) is 1.15. The lowest BCUT2D eigenvalue weighted by Crippen LogP contribution is -2.02. The number of thiazole rings is 1. The summed E-state index contributed by atoms with van der Waals surface area (Å²) in [5.74, 6) is 0.0537. The largest absolute Gasteiger partial charge is 0.464 e. The molecular weight excluding hydrogens is 442 g/mol. The van der Waals surface area contributed by atoms with Crippen LogP contribution in [0, 0.1) is 0 Å². The molecule has 0 aliphatic rings. The smallest absolute Gasteiger partial charge is 0.358 e. The first kappa shape index (κ1) is 13.3. The van der Waals surface area contributed by atoms with Crippen LogP contribution in [-0.2, 0) is 4.74 Å². The van der Waals surface area contributed by atoms with Crippen molar-refractivity contribution in [2.75, 3.05) is 7.11 Å². The van der Waals surface area contributed by atoms with Crippen molar-refractivity contribution in [3.05, 3.63) is 24.8 Å². The second-order valence-corrected chi connectivity index (χ2v) is 6.72. The zero-order valence-electron chi connectivity index (χ0n) is 8.29. The molecule has 2 aromatic heterocycles. The van der Waals surface area contributed by atoms with Gasteiger partial charge in [0.05, 0.1) is 11.6 Å². The monoisotopic (exact) mass is 443 g/mol. The number of carbonyl (C=O) groups excluding carboxylic acids is 1. The molecule has 0 spiro atoms. The summed E-state index contributed by atoms with van der Waals surface area (Å²) in [5, 5.41) is 0. The Kier molecular flexibility index (Phi) is 4.06. The van der Waals surface area contributed by atoms with Gasteiger partial charge in [0.1, 0.15) is 10.6 Å². The number of rotatable bonds is 2. The Morgan fingerprint density at radius 2 is 2.18 bits per heavy atom. The molecule has 17 heavy (non-hydrogen) atoms. The van der Waals surface area contributed by atoms with Gasteiger partial charge in [-0.25, -0.2) is 9.78 Å². The van der Waals surface area contributed by atoms with Gasteiger partial charge in [-0.3, -0.25) is 0 Å². The van der Waals surface area contributed by atoms with E-state index in [-0.39, 0.29) is 5.69 Å². The van der Waals surface area contributed by atoms with E-state index in [2.05, 4.69) is 57.5 Å². The van der Waals surface area contributed by atoms with Gasteiger partial charge in [0.25, 0.3) is 0 Å². The van der Waals surface area contributed by atoms with Crippen molar-refractivity contribution in [3.63, 3.8) is 0 Å². The molecule has 8 heteroatoms. The predicted molar refractivity (Wildman–Crippen MR) is 74.3 cm³/mol. The SMILES string of the molecule is COC(=O)c1nc(Br)sc1-c1cc(Br)c(Br)o1. The maximum Gasteiger partial charge on any atom is 0.358 e. The van der Waals surface area contributed by atoms with Gasteiger partial charge >= 0.3 is 5.97 Å². The Morgan fingerprint density at radius 3 is 2.71 bits per heavy atom. The van der Waals surface area contributed by atoms with Gasteiger partial charge in [-0.1, -0.05) is 0 Å². The lowest BCUT2D eigenvalue weighted by Gasteiger charge is -1.96. The fourth-order valence-corrected chi connectivity index (χ4v) is 3.13. The molecule has 0 radical (unpaired) electrons. The van der Waals surface area contributed by atoms with E-state index in [9.17, 15) is 4.79 Å². The second-order valence-electron chi connectivity index (χ2n) is 2.87. The number of hydrogen-bond acceptors (Lipinski definition) is 5. The van der Waals surface area contributed by atoms with E-state index in [1.165, 1.54) is 18.4 Å². The maximum absolute atomic E-state index is 11.5. The average Bonchev–Trinajstić information content (AvgIpc) is 2.82. The zero-order chi connectivity index (χ0) is 12.6. The van der Waals surface area contributed by atoms with Crippen LogP contribution >= 0.6 is 59.1 Å². The van der Waals surface area contributed by atoms with Crippen LogP contribution in [-0.4, -0.2) is 18.1 Å². The minimum atomic E-state index is -0.495. The summed E-state index contributed by atoms with van der Waals surface area (Å²) in [6.45, 7) is 0. The van der Waals surface area contributed by atoms with Gasteiger partial charge < -0.3 is 9.15 Å². The number of carbonyl (C=O) groups is 1. The summed E-state index contributed by atoms with van der Waals surface area (Å²) in [4.78, 5) is 16.2. The predicted octanol–water partition coefficient (Wildman–Crippen LogP) is 4.48. The minimum Gasteiger partial charge on any atom is -0.464 e. The van der Waals surface area contributed by atoms with Crippen molar-refractivity contribution in [1.29, 1.82) is 0 Å². The van der Waals surface area contributed by atoms with Crippen molar-refractivity contribution in [3.8, 4) is 10.6 Å². The lowest BCUT2D eigenvalue weighted by molar-refractivity contribution is 0.0595. The number of aromatic nitrogens is 1. The molecule has 0 N–H and O–H groups in total. The first-order valence-corrected chi connectivity index (χ1v) is 7.42. The van der Waals surface area contributed by atoms with Crippen LogP contribution in [0.4, 0.5) is 0 Å². The Labute approximate surface area is 126 Å². The van der Waals surface area contributed by atoms with Gasteiger partial charge in [-0.2, -0.15) is 0 Å². The number of nitrogens with zero attached hydrogens (tertiary/aromatic N) is 1. The summed E-state index contributed by atoms with van der Waals surface area (Å²) < 4.78 is 12.1. The third-order valence-corrected chi connectivity index (χ3v) is 5.08. The van der Waals surface area contributed by atoms with Crippen LogP contribution in [0.15, 0.2) is 23.5 Å². The molecular formula is C9H4Br3NO3S.